The van der Waals surface area contributed by atoms with Crippen LogP contribution in [0.4, 0.5) is 0 Å². The minimum absolute atomic E-state index is 0.0218. The molecular weight excluding hydrogens is 296 g/mol. The van der Waals surface area contributed by atoms with E-state index in [9.17, 15) is 14.4 Å². The van der Waals surface area contributed by atoms with Gasteiger partial charge in [-0.05, 0) is 0 Å². The Hall–Kier alpha value is -1.87. The maximum Gasteiger partial charge on any atom is 0.251 e. The van der Waals surface area contributed by atoms with Crippen LogP contribution in [0.15, 0.2) is 16.0 Å². The van der Waals surface area contributed by atoms with Crippen molar-refractivity contribution in [1.82, 2.24) is 20.6 Å². The zero-order valence-corrected chi connectivity index (χ0v) is 12.7. The van der Waals surface area contributed by atoms with Crippen molar-refractivity contribution in [3.8, 4) is 0 Å². The van der Waals surface area contributed by atoms with Gasteiger partial charge in [0.05, 0.1) is 24.5 Å². The highest BCUT2D eigenvalue weighted by Gasteiger charge is 2.08. The number of amides is 2. The van der Waals surface area contributed by atoms with Crippen LogP contribution in [0.25, 0.3) is 0 Å². The Labute approximate surface area is 126 Å². The summed E-state index contributed by atoms with van der Waals surface area (Å²) in [5.41, 5.74) is 0.00610. The fourth-order valence-electron chi connectivity index (χ4n) is 1.37. The molecule has 21 heavy (non-hydrogen) atoms. The minimum Gasteiger partial charge on any atom is -0.383 e. The molecule has 0 bridgehead atoms. The molecule has 8 nitrogen and oxygen atoms in total. The van der Waals surface area contributed by atoms with E-state index in [1.807, 2.05) is 0 Å². The van der Waals surface area contributed by atoms with Gasteiger partial charge in [0.15, 0.2) is 5.16 Å². The van der Waals surface area contributed by atoms with Crippen LogP contribution in [0.5, 0.6) is 0 Å². The van der Waals surface area contributed by atoms with E-state index in [1.54, 1.807) is 7.11 Å². The summed E-state index contributed by atoms with van der Waals surface area (Å²) < 4.78 is 4.81. The number of rotatable bonds is 8. The van der Waals surface area contributed by atoms with Crippen LogP contribution in [0.2, 0.25) is 0 Å². The molecule has 9 heteroatoms. The molecule has 1 rings (SSSR count). The average Bonchev–Trinajstić information content (AvgIpc) is 2.44. The highest BCUT2D eigenvalue weighted by Crippen LogP contribution is 2.10. The number of thioether (sulfide) groups is 1. The van der Waals surface area contributed by atoms with Gasteiger partial charge in [-0.25, -0.2) is 4.98 Å². The molecule has 0 saturated carbocycles. The zero-order chi connectivity index (χ0) is 15.7. The quantitative estimate of drug-likeness (QED) is 0.319. The second-order valence-corrected chi connectivity index (χ2v) is 4.99. The molecule has 3 N–H and O–H groups in total. The van der Waals surface area contributed by atoms with Gasteiger partial charge in [-0.15, -0.1) is 0 Å². The third kappa shape index (κ3) is 6.91. The molecule has 0 aromatic carbocycles. The van der Waals surface area contributed by atoms with Gasteiger partial charge in [0.1, 0.15) is 0 Å². The Morgan fingerprint density at radius 2 is 2.19 bits per heavy atom. The number of nitrogens with one attached hydrogen (secondary N) is 3. The summed E-state index contributed by atoms with van der Waals surface area (Å²) in [6, 6.07) is 1.26. The van der Waals surface area contributed by atoms with E-state index in [-0.39, 0.29) is 29.5 Å². The second-order valence-electron chi connectivity index (χ2n) is 4.02. The lowest BCUT2D eigenvalue weighted by atomic mass is 10.3. The Morgan fingerprint density at radius 1 is 1.43 bits per heavy atom. The van der Waals surface area contributed by atoms with E-state index in [2.05, 4.69) is 20.6 Å². The van der Waals surface area contributed by atoms with Crippen molar-refractivity contribution in [2.75, 3.05) is 33.1 Å². The number of carbonyl (C=O) groups is 2. The lowest BCUT2D eigenvalue weighted by Crippen LogP contribution is -2.28. The minimum atomic E-state index is -0.355. The fourth-order valence-corrected chi connectivity index (χ4v) is 2.10. The van der Waals surface area contributed by atoms with E-state index >= 15 is 0 Å². The molecule has 0 saturated heterocycles. The van der Waals surface area contributed by atoms with Crippen LogP contribution in [0, 0.1) is 0 Å². The van der Waals surface area contributed by atoms with Crippen LogP contribution < -0.4 is 16.2 Å². The van der Waals surface area contributed by atoms with Gasteiger partial charge in [0.25, 0.3) is 5.56 Å². The number of likely N-dealkylation sites (N-methyl/N-ethyl adjacent to an activating group) is 1. The van der Waals surface area contributed by atoms with Crippen LogP contribution in [-0.2, 0) is 20.7 Å². The SMILES string of the molecule is CNC(=O)Cc1cc(=O)[nH]c(SCC(=O)NCCOC)n1. The lowest BCUT2D eigenvalue weighted by molar-refractivity contribution is -0.120. The van der Waals surface area contributed by atoms with Crippen molar-refractivity contribution in [2.45, 2.75) is 11.6 Å². The molecular formula is C12H18N4O4S. The van der Waals surface area contributed by atoms with Gasteiger partial charge < -0.3 is 20.4 Å². The summed E-state index contributed by atoms with van der Waals surface area (Å²) in [6.45, 7) is 0.865. The number of carbonyl (C=O) groups excluding carboxylic acids is 2. The van der Waals surface area contributed by atoms with Crippen molar-refractivity contribution in [3.63, 3.8) is 0 Å². The number of ether oxygens (including phenoxy) is 1. The number of H-pyrrole nitrogens is 1. The molecule has 0 radical (unpaired) electrons. The van der Waals surface area contributed by atoms with Gasteiger partial charge in [0, 0.05) is 26.8 Å². The zero-order valence-electron chi connectivity index (χ0n) is 11.9. The van der Waals surface area contributed by atoms with Crippen molar-refractivity contribution in [3.05, 3.63) is 22.1 Å². The normalized spacial score (nSPS) is 10.2. The van der Waals surface area contributed by atoms with E-state index in [0.717, 1.165) is 11.8 Å². The van der Waals surface area contributed by atoms with Crippen LogP contribution in [-0.4, -0.2) is 54.8 Å². The summed E-state index contributed by atoms with van der Waals surface area (Å²) in [5.74, 6) is -0.298. The third-order valence-corrected chi connectivity index (χ3v) is 3.24. The number of aromatic nitrogens is 2. The molecule has 0 aliphatic rings. The van der Waals surface area contributed by atoms with Crippen molar-refractivity contribution < 1.29 is 14.3 Å². The fraction of sp³-hybridized carbons (Fsp3) is 0.500. The van der Waals surface area contributed by atoms with Crippen LogP contribution >= 0.6 is 11.8 Å². The summed E-state index contributed by atoms with van der Waals surface area (Å²) in [7, 11) is 3.06. The monoisotopic (exact) mass is 314 g/mol. The Balaban J connectivity index is 2.56. The first-order chi connectivity index (χ1) is 10.0. The standard InChI is InChI=1S/C12H18N4O4S/c1-13-9(17)5-8-6-10(18)16-12(15-8)21-7-11(19)14-3-4-20-2/h6H,3-5,7H2,1-2H3,(H,13,17)(H,14,19)(H,15,16,18). The molecule has 0 atom stereocenters. The molecule has 1 heterocycles. The Bertz CT molecular complexity index is 546. The third-order valence-electron chi connectivity index (χ3n) is 2.36. The topological polar surface area (TPSA) is 113 Å². The van der Waals surface area contributed by atoms with Gasteiger partial charge in [-0.1, -0.05) is 11.8 Å². The van der Waals surface area contributed by atoms with E-state index in [1.165, 1.54) is 13.1 Å². The van der Waals surface area contributed by atoms with Crippen LogP contribution in [0.3, 0.4) is 0 Å². The van der Waals surface area contributed by atoms with Crippen LogP contribution in [0.1, 0.15) is 5.69 Å². The molecule has 2 amide bonds. The predicted molar refractivity (Wildman–Crippen MR) is 78.2 cm³/mol. The number of hydrogen-bond acceptors (Lipinski definition) is 6. The smallest absolute Gasteiger partial charge is 0.251 e. The average molecular weight is 314 g/mol. The van der Waals surface area contributed by atoms with Gasteiger partial charge in [-0.3, -0.25) is 14.4 Å². The first-order valence-electron chi connectivity index (χ1n) is 6.24. The molecule has 1 aromatic heterocycles. The summed E-state index contributed by atoms with van der Waals surface area (Å²) in [6.07, 6.45) is 0.0218. The van der Waals surface area contributed by atoms with Gasteiger partial charge >= 0.3 is 0 Å². The van der Waals surface area contributed by atoms with E-state index in [0.29, 0.717) is 24.0 Å². The first-order valence-corrected chi connectivity index (χ1v) is 7.23. The number of nitrogens with zero attached hydrogens (tertiary/aromatic N) is 1. The molecule has 1 aromatic rings. The van der Waals surface area contributed by atoms with Gasteiger partial charge in [-0.2, -0.15) is 0 Å². The predicted octanol–water partition coefficient (Wildman–Crippen LogP) is -1.09. The molecule has 0 aliphatic heterocycles. The molecule has 0 aliphatic carbocycles. The van der Waals surface area contributed by atoms with Gasteiger partial charge in [0.2, 0.25) is 11.8 Å². The number of aromatic amines is 1. The number of hydrogen-bond donors (Lipinski definition) is 3. The Kier molecular flexibility index (Phi) is 7.48. The summed E-state index contributed by atoms with van der Waals surface area (Å²) in [4.78, 5) is 40.9. The molecule has 116 valence electrons. The van der Waals surface area contributed by atoms with E-state index in [4.69, 9.17) is 4.74 Å². The summed E-state index contributed by atoms with van der Waals surface area (Å²) in [5, 5.41) is 5.42. The second kappa shape index (κ2) is 9.14. The highest BCUT2D eigenvalue weighted by molar-refractivity contribution is 7.99. The maximum atomic E-state index is 11.5. The van der Waals surface area contributed by atoms with Crippen molar-refractivity contribution in [2.24, 2.45) is 0 Å². The summed E-state index contributed by atoms with van der Waals surface area (Å²) >= 11 is 1.10. The number of methoxy groups -OCH3 is 1. The highest BCUT2D eigenvalue weighted by atomic mass is 32.2. The largest absolute Gasteiger partial charge is 0.383 e. The lowest BCUT2D eigenvalue weighted by Gasteiger charge is -2.05. The van der Waals surface area contributed by atoms with E-state index < -0.39 is 0 Å². The van der Waals surface area contributed by atoms with Crippen molar-refractivity contribution >= 4 is 23.6 Å². The Morgan fingerprint density at radius 3 is 2.86 bits per heavy atom. The molecule has 0 unspecified atom stereocenters. The molecule has 0 fully saturated rings. The first kappa shape index (κ1) is 17.2. The van der Waals surface area contributed by atoms with Crippen molar-refractivity contribution in [1.29, 1.82) is 0 Å². The molecule has 0 spiro atoms. The maximum absolute atomic E-state index is 11.5.